The Morgan fingerprint density at radius 1 is 0.931 bits per heavy atom. The zero-order chi connectivity index (χ0) is 19.7. The van der Waals surface area contributed by atoms with Gasteiger partial charge in [0.15, 0.2) is 6.20 Å². The first-order chi connectivity index (χ1) is 12.9. The zero-order valence-electron chi connectivity index (χ0n) is 18.1. The highest BCUT2D eigenvalue weighted by Crippen LogP contribution is 2.14. The molecule has 2 aromatic rings. The molecule has 0 N–H and O–H groups in total. The van der Waals surface area contributed by atoms with Crippen LogP contribution in [0.15, 0.2) is 48.7 Å². The van der Waals surface area contributed by atoms with Crippen LogP contribution in [0.5, 0.6) is 0 Å². The van der Waals surface area contributed by atoms with Crippen LogP contribution >= 0.6 is 12.6 Å². The number of quaternary nitrogens is 1. The summed E-state index contributed by atoms with van der Waals surface area (Å²) in [6.45, 7) is 3.39. The molecule has 0 radical (unpaired) electrons. The molecular weight excluding hydrogens is 510 g/mol. The lowest BCUT2D eigenvalue weighted by Crippen LogP contribution is -3.00. The van der Waals surface area contributed by atoms with Gasteiger partial charge in [-0.1, -0.05) is 12.1 Å². The third-order valence-electron chi connectivity index (χ3n) is 4.95. The number of hydrogen-bond donors (Lipinski definition) is 1. The molecule has 1 aromatic carbocycles. The van der Waals surface area contributed by atoms with E-state index in [-0.39, 0.29) is 34.0 Å². The Kier molecular flexibility index (Phi) is 13.8. The van der Waals surface area contributed by atoms with Crippen LogP contribution in [0.1, 0.15) is 24.1 Å². The molecule has 0 unspecified atom stereocenters. The highest BCUT2D eigenvalue weighted by atomic mass is 79.9. The van der Waals surface area contributed by atoms with Crippen LogP contribution in [-0.4, -0.2) is 51.5 Å². The van der Waals surface area contributed by atoms with Crippen LogP contribution in [0.2, 0.25) is 0 Å². The van der Waals surface area contributed by atoms with Gasteiger partial charge < -0.3 is 43.3 Å². The molecule has 1 aromatic heterocycles. The SMILES string of the molecule is CN(C)c1ccc(/C=C/c2cccc[n+]2CCCC[N+](C)(C)CCS)cc1.[Br-].[Br-]. The molecule has 3 nitrogen and oxygen atoms in total. The lowest BCUT2D eigenvalue weighted by molar-refractivity contribution is -0.888. The lowest BCUT2D eigenvalue weighted by atomic mass is 10.1. The molecular formula is C23H35Br2N3S. The maximum absolute atomic E-state index is 4.37. The number of hydrogen-bond acceptors (Lipinski definition) is 2. The smallest absolute Gasteiger partial charge is 0.205 e. The van der Waals surface area contributed by atoms with Crippen molar-refractivity contribution in [2.45, 2.75) is 19.4 Å². The number of pyridine rings is 1. The fourth-order valence-electron chi connectivity index (χ4n) is 3.11. The minimum Gasteiger partial charge on any atom is -1.00 e. The van der Waals surface area contributed by atoms with E-state index in [0.717, 1.165) is 23.3 Å². The maximum atomic E-state index is 4.37. The highest BCUT2D eigenvalue weighted by Gasteiger charge is 2.14. The number of thiol groups is 1. The summed E-state index contributed by atoms with van der Waals surface area (Å²) in [5.74, 6) is 0.949. The first kappa shape index (κ1) is 28.2. The van der Waals surface area contributed by atoms with Gasteiger partial charge >= 0.3 is 0 Å². The molecule has 1 heterocycles. The Hall–Kier alpha value is -0.820. The number of aryl methyl sites for hydroxylation is 1. The molecule has 0 aliphatic heterocycles. The molecule has 0 saturated carbocycles. The lowest BCUT2D eigenvalue weighted by Gasteiger charge is -2.28. The van der Waals surface area contributed by atoms with Crippen LogP contribution in [0.4, 0.5) is 5.69 Å². The van der Waals surface area contributed by atoms with Gasteiger partial charge in [0, 0.05) is 56.6 Å². The molecule has 29 heavy (non-hydrogen) atoms. The zero-order valence-corrected chi connectivity index (χ0v) is 22.1. The second-order valence-corrected chi connectivity index (χ2v) is 8.40. The number of unbranched alkanes of at least 4 members (excludes halogenated alkanes) is 1. The monoisotopic (exact) mass is 543 g/mol. The molecule has 2 rings (SSSR count). The van der Waals surface area contributed by atoms with E-state index in [1.165, 1.54) is 36.3 Å². The van der Waals surface area contributed by atoms with Gasteiger partial charge in [0.1, 0.15) is 6.54 Å². The van der Waals surface area contributed by atoms with E-state index in [2.05, 4.69) is 111 Å². The topological polar surface area (TPSA) is 7.12 Å². The third kappa shape index (κ3) is 10.2. The molecule has 162 valence electrons. The highest BCUT2D eigenvalue weighted by molar-refractivity contribution is 7.80. The van der Waals surface area contributed by atoms with E-state index in [0.29, 0.717) is 0 Å². The largest absolute Gasteiger partial charge is 1.00 e. The molecule has 0 amide bonds. The van der Waals surface area contributed by atoms with Crippen molar-refractivity contribution in [2.75, 3.05) is 51.9 Å². The van der Waals surface area contributed by atoms with Gasteiger partial charge in [-0.2, -0.15) is 17.2 Å². The third-order valence-corrected chi connectivity index (χ3v) is 5.15. The Bertz CT molecular complexity index is 731. The number of rotatable bonds is 10. The van der Waals surface area contributed by atoms with E-state index in [4.69, 9.17) is 0 Å². The first-order valence-corrected chi connectivity index (χ1v) is 10.4. The summed E-state index contributed by atoms with van der Waals surface area (Å²) in [6, 6.07) is 15.1. The number of halogens is 2. The molecule has 6 heteroatoms. The van der Waals surface area contributed by atoms with Crippen molar-refractivity contribution in [3.63, 3.8) is 0 Å². The van der Waals surface area contributed by atoms with E-state index in [1.54, 1.807) is 0 Å². The van der Waals surface area contributed by atoms with Crippen molar-refractivity contribution in [1.29, 1.82) is 0 Å². The van der Waals surface area contributed by atoms with E-state index in [9.17, 15) is 0 Å². The predicted octanol–water partition coefficient (Wildman–Crippen LogP) is -2.00. The predicted molar refractivity (Wildman–Crippen MR) is 121 cm³/mol. The number of benzene rings is 1. The molecule has 0 spiro atoms. The van der Waals surface area contributed by atoms with E-state index < -0.39 is 0 Å². The van der Waals surface area contributed by atoms with Crippen LogP contribution < -0.4 is 43.4 Å². The number of nitrogens with zero attached hydrogens (tertiary/aromatic N) is 3. The minimum absolute atomic E-state index is 0. The van der Waals surface area contributed by atoms with Crippen LogP contribution in [0, 0.1) is 0 Å². The Labute approximate surface area is 204 Å². The molecule has 0 saturated heterocycles. The maximum Gasteiger partial charge on any atom is 0.205 e. The summed E-state index contributed by atoms with van der Waals surface area (Å²) in [5.41, 5.74) is 3.70. The fourth-order valence-corrected chi connectivity index (χ4v) is 3.66. The summed E-state index contributed by atoms with van der Waals surface area (Å²) in [7, 11) is 8.72. The van der Waals surface area contributed by atoms with Crippen LogP contribution in [0.25, 0.3) is 12.2 Å². The van der Waals surface area contributed by atoms with Crippen LogP contribution in [-0.2, 0) is 6.54 Å². The standard InChI is InChI=1S/C23H34N3S.2BrH/c1-24(2)22-13-10-21(11-14-22)12-15-23-9-5-6-16-25(23)17-7-8-18-26(3,4)19-20-27;;/h5-6,9-16H,7-8,17-20H2,1-4H3;2*1H/q+1;;/p-1. The molecule has 0 bridgehead atoms. The van der Waals surface area contributed by atoms with E-state index >= 15 is 0 Å². The Morgan fingerprint density at radius 3 is 2.24 bits per heavy atom. The van der Waals surface area contributed by atoms with E-state index in [1.807, 2.05) is 0 Å². The van der Waals surface area contributed by atoms with Gasteiger partial charge in [-0.05, 0) is 29.8 Å². The summed E-state index contributed by atoms with van der Waals surface area (Å²) in [5, 5.41) is 0. The Balaban J connectivity index is 0.00000392. The van der Waals surface area contributed by atoms with Gasteiger partial charge in [-0.3, -0.25) is 0 Å². The first-order valence-electron chi connectivity index (χ1n) is 9.78. The fraction of sp³-hybridized carbons (Fsp3) is 0.435. The van der Waals surface area contributed by atoms with Crippen molar-refractivity contribution in [2.24, 2.45) is 0 Å². The molecule has 0 atom stereocenters. The quantitative estimate of drug-likeness (QED) is 0.157. The summed E-state index contributed by atoms with van der Waals surface area (Å²) >= 11 is 4.37. The second-order valence-electron chi connectivity index (χ2n) is 7.95. The van der Waals surface area contributed by atoms with Crippen molar-refractivity contribution < 1.29 is 43.0 Å². The van der Waals surface area contributed by atoms with Crippen molar-refractivity contribution in [1.82, 2.24) is 0 Å². The second kappa shape index (κ2) is 14.2. The number of anilines is 1. The normalized spacial score (nSPS) is 11.1. The Morgan fingerprint density at radius 2 is 1.62 bits per heavy atom. The van der Waals surface area contributed by atoms with Gasteiger partial charge in [-0.15, -0.1) is 0 Å². The van der Waals surface area contributed by atoms with Crippen molar-refractivity contribution >= 4 is 30.5 Å². The summed E-state index contributed by atoms with van der Waals surface area (Å²) in [4.78, 5) is 2.12. The van der Waals surface area contributed by atoms with Crippen molar-refractivity contribution in [3.8, 4) is 0 Å². The number of aromatic nitrogens is 1. The van der Waals surface area contributed by atoms with Gasteiger partial charge in [0.2, 0.25) is 5.69 Å². The van der Waals surface area contributed by atoms with Gasteiger partial charge in [0.05, 0.1) is 27.2 Å². The molecule has 0 fully saturated rings. The minimum atomic E-state index is 0. The molecule has 0 aliphatic rings. The van der Waals surface area contributed by atoms with Gasteiger partial charge in [0.25, 0.3) is 0 Å². The average molecular weight is 545 g/mol. The average Bonchev–Trinajstić information content (AvgIpc) is 2.64. The summed E-state index contributed by atoms with van der Waals surface area (Å²) < 4.78 is 3.40. The van der Waals surface area contributed by atoms with Crippen molar-refractivity contribution in [3.05, 3.63) is 59.9 Å². The molecule has 0 aliphatic carbocycles. The summed E-state index contributed by atoms with van der Waals surface area (Å²) in [6.07, 6.45) is 9.02. The van der Waals surface area contributed by atoms with Crippen LogP contribution in [0.3, 0.4) is 0 Å². The van der Waals surface area contributed by atoms with Gasteiger partial charge in [-0.25, -0.2) is 0 Å².